The number of pyridine rings is 1. The molecule has 0 saturated heterocycles. The fourth-order valence-corrected chi connectivity index (χ4v) is 1.53. The molecule has 0 atom stereocenters. The molecule has 3 nitrogen and oxygen atoms in total. The SMILES string of the molecule is C#CCCCCC(=O)Nc1cc(Br)ccn1. The predicted octanol–water partition coefficient (Wildman–Crippen LogP) is 2.98. The van der Waals surface area contributed by atoms with Crippen molar-refractivity contribution in [2.24, 2.45) is 0 Å². The van der Waals surface area contributed by atoms with E-state index in [2.05, 4.69) is 32.2 Å². The summed E-state index contributed by atoms with van der Waals surface area (Å²) in [6.45, 7) is 0. The number of hydrogen-bond donors (Lipinski definition) is 1. The van der Waals surface area contributed by atoms with Crippen LogP contribution >= 0.6 is 15.9 Å². The van der Waals surface area contributed by atoms with Gasteiger partial charge in [0.2, 0.25) is 5.91 Å². The van der Waals surface area contributed by atoms with E-state index in [4.69, 9.17) is 6.42 Å². The van der Waals surface area contributed by atoms with Gasteiger partial charge in [0, 0.05) is 23.5 Å². The van der Waals surface area contributed by atoms with Gasteiger partial charge in [-0.1, -0.05) is 15.9 Å². The molecule has 0 fully saturated rings. The summed E-state index contributed by atoms with van der Waals surface area (Å²) >= 11 is 3.31. The molecule has 16 heavy (non-hydrogen) atoms. The van der Waals surface area contributed by atoms with Gasteiger partial charge in [-0.05, 0) is 25.0 Å². The lowest BCUT2D eigenvalue weighted by molar-refractivity contribution is -0.116. The molecule has 0 bridgehead atoms. The van der Waals surface area contributed by atoms with Crippen molar-refractivity contribution in [2.75, 3.05) is 5.32 Å². The first-order valence-corrected chi connectivity index (χ1v) is 5.86. The Morgan fingerprint density at radius 1 is 1.56 bits per heavy atom. The van der Waals surface area contributed by atoms with Crippen molar-refractivity contribution in [3.8, 4) is 12.3 Å². The number of hydrogen-bond acceptors (Lipinski definition) is 2. The molecule has 0 saturated carbocycles. The predicted molar refractivity (Wildman–Crippen MR) is 67.9 cm³/mol. The van der Waals surface area contributed by atoms with Crippen molar-refractivity contribution in [1.29, 1.82) is 0 Å². The van der Waals surface area contributed by atoms with Crippen molar-refractivity contribution in [3.05, 3.63) is 22.8 Å². The third-order valence-electron chi connectivity index (χ3n) is 1.96. The molecular weight excluding hydrogens is 268 g/mol. The number of nitrogens with zero attached hydrogens (tertiary/aromatic N) is 1. The average Bonchev–Trinajstić information content (AvgIpc) is 2.24. The van der Waals surface area contributed by atoms with Crippen LogP contribution in [0.5, 0.6) is 0 Å². The number of carbonyl (C=O) groups excluding carboxylic acids is 1. The van der Waals surface area contributed by atoms with Crippen molar-refractivity contribution in [1.82, 2.24) is 4.98 Å². The monoisotopic (exact) mass is 280 g/mol. The standard InChI is InChI=1S/C12H13BrN2O/c1-2-3-4-5-6-12(16)15-11-9-10(13)7-8-14-11/h1,7-9H,3-6H2,(H,14,15,16). The Hall–Kier alpha value is -1.34. The maximum atomic E-state index is 11.5. The smallest absolute Gasteiger partial charge is 0.225 e. The quantitative estimate of drug-likeness (QED) is 0.666. The van der Waals surface area contributed by atoms with E-state index in [1.165, 1.54) is 0 Å². The number of aromatic nitrogens is 1. The van der Waals surface area contributed by atoms with Gasteiger partial charge in [-0.2, -0.15) is 0 Å². The van der Waals surface area contributed by atoms with Crippen LogP contribution in [-0.2, 0) is 4.79 Å². The largest absolute Gasteiger partial charge is 0.311 e. The number of amides is 1. The first-order valence-electron chi connectivity index (χ1n) is 5.07. The Balaban J connectivity index is 2.32. The Bertz CT molecular complexity index is 398. The van der Waals surface area contributed by atoms with Crippen molar-refractivity contribution < 1.29 is 4.79 Å². The summed E-state index contributed by atoms with van der Waals surface area (Å²) in [5.41, 5.74) is 0. The molecule has 0 spiro atoms. The third-order valence-corrected chi connectivity index (χ3v) is 2.46. The number of terminal acetylenes is 1. The second-order valence-corrected chi connectivity index (χ2v) is 4.23. The van der Waals surface area contributed by atoms with Gasteiger partial charge in [0.15, 0.2) is 0 Å². The van der Waals surface area contributed by atoms with Crippen LogP contribution in [0.3, 0.4) is 0 Å². The van der Waals surface area contributed by atoms with Gasteiger partial charge in [0.25, 0.3) is 0 Å². The second kappa shape index (κ2) is 7.02. The van der Waals surface area contributed by atoms with Crippen LogP contribution in [0.2, 0.25) is 0 Å². The van der Waals surface area contributed by atoms with E-state index in [0.717, 1.165) is 23.7 Å². The normalized spacial score (nSPS) is 9.50. The summed E-state index contributed by atoms with van der Waals surface area (Å²) in [6.07, 6.45) is 9.66. The van der Waals surface area contributed by atoms with Gasteiger partial charge >= 0.3 is 0 Å². The first-order chi connectivity index (χ1) is 7.72. The van der Waals surface area contributed by atoms with E-state index in [1.54, 1.807) is 12.3 Å². The minimum Gasteiger partial charge on any atom is -0.311 e. The number of rotatable bonds is 5. The van der Waals surface area contributed by atoms with Gasteiger partial charge in [0.1, 0.15) is 5.82 Å². The molecule has 1 amide bonds. The maximum Gasteiger partial charge on any atom is 0.225 e. The van der Waals surface area contributed by atoms with E-state index < -0.39 is 0 Å². The zero-order valence-electron chi connectivity index (χ0n) is 8.87. The van der Waals surface area contributed by atoms with Gasteiger partial charge in [0.05, 0.1) is 0 Å². The average molecular weight is 281 g/mol. The van der Waals surface area contributed by atoms with E-state index in [9.17, 15) is 4.79 Å². The molecule has 4 heteroatoms. The molecule has 0 unspecified atom stereocenters. The van der Waals surface area contributed by atoms with Gasteiger partial charge < -0.3 is 5.32 Å². The highest BCUT2D eigenvalue weighted by atomic mass is 79.9. The molecule has 0 radical (unpaired) electrons. The summed E-state index contributed by atoms with van der Waals surface area (Å²) < 4.78 is 0.894. The summed E-state index contributed by atoms with van der Waals surface area (Å²) in [5.74, 6) is 3.09. The van der Waals surface area contributed by atoms with Crippen LogP contribution < -0.4 is 5.32 Å². The second-order valence-electron chi connectivity index (χ2n) is 3.32. The lowest BCUT2D eigenvalue weighted by atomic mass is 10.2. The molecule has 0 aliphatic carbocycles. The highest BCUT2D eigenvalue weighted by Crippen LogP contribution is 2.13. The molecule has 1 aromatic rings. The number of unbranched alkanes of at least 4 members (excludes halogenated alkanes) is 2. The van der Waals surface area contributed by atoms with Crippen molar-refractivity contribution >= 4 is 27.7 Å². The molecule has 1 heterocycles. The molecule has 84 valence electrons. The molecule has 1 aromatic heterocycles. The number of nitrogens with one attached hydrogen (secondary N) is 1. The first kappa shape index (κ1) is 12.7. The fourth-order valence-electron chi connectivity index (χ4n) is 1.19. The Labute approximate surface area is 104 Å². The minimum absolute atomic E-state index is 0.0254. The summed E-state index contributed by atoms with van der Waals surface area (Å²) in [7, 11) is 0. The van der Waals surface area contributed by atoms with Crippen LogP contribution in [0.15, 0.2) is 22.8 Å². The number of anilines is 1. The molecule has 0 aromatic carbocycles. The zero-order chi connectivity index (χ0) is 11.8. The Kier molecular flexibility index (Phi) is 5.58. The van der Waals surface area contributed by atoms with Crippen LogP contribution in [0.1, 0.15) is 25.7 Å². The van der Waals surface area contributed by atoms with E-state index in [1.807, 2.05) is 6.07 Å². The molecule has 1 rings (SSSR count). The van der Waals surface area contributed by atoms with Gasteiger partial charge in [-0.3, -0.25) is 4.79 Å². The molecule has 1 N–H and O–H groups in total. The lowest BCUT2D eigenvalue weighted by Gasteiger charge is -2.03. The summed E-state index contributed by atoms with van der Waals surface area (Å²) in [5, 5.41) is 2.73. The summed E-state index contributed by atoms with van der Waals surface area (Å²) in [4.78, 5) is 15.5. The molecular formula is C12H13BrN2O. The molecule has 0 aliphatic heterocycles. The lowest BCUT2D eigenvalue weighted by Crippen LogP contribution is -2.12. The number of carbonyl (C=O) groups is 1. The van der Waals surface area contributed by atoms with E-state index in [-0.39, 0.29) is 5.91 Å². The Morgan fingerprint density at radius 3 is 3.06 bits per heavy atom. The van der Waals surface area contributed by atoms with Crippen LogP contribution in [0.4, 0.5) is 5.82 Å². The van der Waals surface area contributed by atoms with Crippen molar-refractivity contribution in [3.63, 3.8) is 0 Å². The topological polar surface area (TPSA) is 42.0 Å². The van der Waals surface area contributed by atoms with E-state index >= 15 is 0 Å². The third kappa shape index (κ3) is 4.94. The minimum atomic E-state index is -0.0254. The Morgan fingerprint density at radius 2 is 2.38 bits per heavy atom. The van der Waals surface area contributed by atoms with Crippen LogP contribution in [0, 0.1) is 12.3 Å². The molecule has 0 aliphatic rings. The van der Waals surface area contributed by atoms with E-state index in [0.29, 0.717) is 12.2 Å². The number of halogens is 1. The van der Waals surface area contributed by atoms with Crippen LogP contribution in [-0.4, -0.2) is 10.9 Å². The highest BCUT2D eigenvalue weighted by Gasteiger charge is 2.02. The highest BCUT2D eigenvalue weighted by molar-refractivity contribution is 9.10. The van der Waals surface area contributed by atoms with Crippen molar-refractivity contribution in [2.45, 2.75) is 25.7 Å². The summed E-state index contributed by atoms with van der Waals surface area (Å²) in [6, 6.07) is 3.57. The zero-order valence-corrected chi connectivity index (χ0v) is 10.5. The van der Waals surface area contributed by atoms with Gasteiger partial charge in [-0.25, -0.2) is 4.98 Å². The van der Waals surface area contributed by atoms with Gasteiger partial charge in [-0.15, -0.1) is 12.3 Å². The maximum absolute atomic E-state index is 11.5. The fraction of sp³-hybridized carbons (Fsp3) is 0.333. The van der Waals surface area contributed by atoms with Crippen LogP contribution in [0.25, 0.3) is 0 Å².